The maximum absolute atomic E-state index is 13.7. The molecule has 0 spiro atoms. The second-order valence-electron chi connectivity index (χ2n) is 8.19. The molecule has 0 aliphatic rings. The van der Waals surface area contributed by atoms with E-state index < -0.39 is 5.97 Å². The van der Waals surface area contributed by atoms with E-state index in [0.29, 0.717) is 48.7 Å². The number of carbonyl (C=O) groups is 2. The molecule has 198 valence electrons. The van der Waals surface area contributed by atoms with E-state index in [0.717, 1.165) is 11.8 Å². The molecule has 0 bridgehead atoms. The highest BCUT2D eigenvalue weighted by Crippen LogP contribution is 2.26. The smallest absolute Gasteiger partial charge is 0.338 e. The summed E-state index contributed by atoms with van der Waals surface area (Å²) < 4.78 is 14.6. The molecular formula is C27H22N4O5S3. The second-order valence-corrected chi connectivity index (χ2v) is 10.8. The highest BCUT2D eigenvalue weighted by Gasteiger charge is 2.20. The maximum atomic E-state index is 13.7. The summed E-state index contributed by atoms with van der Waals surface area (Å²) >= 11 is 7.89. The van der Waals surface area contributed by atoms with E-state index in [1.54, 1.807) is 48.1 Å². The number of fused-ring (bicyclic) bond motifs is 1. The number of rotatable bonds is 9. The van der Waals surface area contributed by atoms with Crippen molar-refractivity contribution < 1.29 is 18.7 Å². The molecule has 0 fully saturated rings. The molecule has 2 aromatic carbocycles. The number of aromatic nitrogens is 3. The van der Waals surface area contributed by atoms with E-state index in [1.807, 2.05) is 36.4 Å². The Bertz CT molecular complexity index is 1740. The number of furan rings is 1. The lowest BCUT2D eigenvalue weighted by Crippen LogP contribution is -2.23. The number of benzene rings is 2. The van der Waals surface area contributed by atoms with Gasteiger partial charge >= 0.3 is 5.97 Å². The molecule has 0 unspecified atom stereocenters. The molecule has 0 aliphatic carbocycles. The third-order valence-electron chi connectivity index (χ3n) is 5.58. The van der Waals surface area contributed by atoms with Crippen LogP contribution in [0, 0.1) is 3.95 Å². The number of anilines is 1. The average Bonchev–Trinajstić information content (AvgIpc) is 3.57. The van der Waals surface area contributed by atoms with Gasteiger partial charge in [-0.1, -0.05) is 41.3 Å². The van der Waals surface area contributed by atoms with Crippen molar-refractivity contribution in [1.29, 1.82) is 0 Å². The van der Waals surface area contributed by atoms with Crippen LogP contribution >= 0.6 is 35.3 Å². The minimum atomic E-state index is -0.425. The Kier molecular flexibility index (Phi) is 8.05. The van der Waals surface area contributed by atoms with Crippen molar-refractivity contribution in [1.82, 2.24) is 14.1 Å². The van der Waals surface area contributed by atoms with Crippen LogP contribution in [0.25, 0.3) is 16.0 Å². The van der Waals surface area contributed by atoms with Crippen molar-refractivity contribution in [2.24, 2.45) is 0 Å². The fraction of sp³-hybridized carbons (Fsp3) is 0.148. The number of nitrogens with zero attached hydrogens (tertiary/aromatic N) is 3. The summed E-state index contributed by atoms with van der Waals surface area (Å²) in [5.74, 6) is -0.0443. The van der Waals surface area contributed by atoms with Gasteiger partial charge in [0, 0.05) is 5.69 Å². The molecule has 5 aromatic rings. The second kappa shape index (κ2) is 11.8. The standard InChI is InChI=1S/C27H22N4O5S3/c1-2-35-25(34)17-10-12-18(13-11-17)28-21(32)16-38-26-29-23-22(24(33)31(26)19-7-4-3-5-8-19)39-27(37)30(23)15-20-9-6-14-36-20/h3-14H,2,15-16H2,1H3,(H,28,32). The minimum Gasteiger partial charge on any atom is -0.467 e. The van der Waals surface area contributed by atoms with Crippen molar-refractivity contribution in [3.63, 3.8) is 0 Å². The summed E-state index contributed by atoms with van der Waals surface area (Å²) in [5.41, 5.74) is 1.73. The van der Waals surface area contributed by atoms with Crippen molar-refractivity contribution >= 4 is 63.2 Å². The molecule has 0 aliphatic heterocycles. The first kappa shape index (κ1) is 26.6. The van der Waals surface area contributed by atoms with Crippen LogP contribution in [0.4, 0.5) is 5.69 Å². The Labute approximate surface area is 236 Å². The number of amides is 1. The van der Waals surface area contributed by atoms with Crippen molar-refractivity contribution in [3.8, 4) is 5.69 Å². The number of hydrogen-bond acceptors (Lipinski definition) is 9. The lowest BCUT2D eigenvalue weighted by Gasteiger charge is -2.13. The predicted octanol–water partition coefficient (Wildman–Crippen LogP) is 5.53. The van der Waals surface area contributed by atoms with Crippen LogP contribution in [0.3, 0.4) is 0 Å². The summed E-state index contributed by atoms with van der Waals surface area (Å²) in [6.45, 7) is 2.35. The fourth-order valence-corrected chi connectivity index (χ4v) is 5.87. The number of para-hydroxylation sites is 1. The first-order valence-corrected chi connectivity index (χ1v) is 14.1. The maximum Gasteiger partial charge on any atom is 0.338 e. The number of hydrogen-bond donors (Lipinski definition) is 1. The normalized spacial score (nSPS) is 11.0. The van der Waals surface area contributed by atoms with Gasteiger partial charge in [-0.05, 0) is 67.7 Å². The Balaban J connectivity index is 1.44. The topological polar surface area (TPSA) is 108 Å². The molecular weight excluding hydrogens is 557 g/mol. The van der Waals surface area contributed by atoms with E-state index in [9.17, 15) is 14.4 Å². The largest absolute Gasteiger partial charge is 0.467 e. The molecule has 9 nitrogen and oxygen atoms in total. The average molecular weight is 579 g/mol. The first-order chi connectivity index (χ1) is 18.9. The van der Waals surface area contributed by atoms with Crippen LogP contribution in [0.5, 0.6) is 0 Å². The molecule has 3 heterocycles. The van der Waals surface area contributed by atoms with E-state index in [-0.39, 0.29) is 23.8 Å². The molecule has 12 heteroatoms. The number of ether oxygens (including phenoxy) is 1. The van der Waals surface area contributed by atoms with Gasteiger partial charge in [0.05, 0.1) is 36.4 Å². The van der Waals surface area contributed by atoms with E-state index in [1.165, 1.54) is 15.9 Å². The number of thioether (sulfide) groups is 1. The van der Waals surface area contributed by atoms with Gasteiger partial charge in [-0.25, -0.2) is 9.78 Å². The summed E-state index contributed by atoms with van der Waals surface area (Å²) in [5, 5.41) is 3.16. The third-order valence-corrected chi connectivity index (χ3v) is 7.94. The lowest BCUT2D eigenvalue weighted by atomic mass is 10.2. The molecule has 1 N–H and O–H groups in total. The van der Waals surface area contributed by atoms with Crippen molar-refractivity contribution in [2.45, 2.75) is 18.6 Å². The number of esters is 1. The number of carbonyl (C=O) groups excluding carboxylic acids is 2. The highest BCUT2D eigenvalue weighted by molar-refractivity contribution is 7.99. The SMILES string of the molecule is CCOC(=O)c1ccc(NC(=O)CSc2nc3c(sc(=S)n3Cc3ccco3)c(=O)n2-c2ccccc2)cc1. The first-order valence-electron chi connectivity index (χ1n) is 11.9. The highest BCUT2D eigenvalue weighted by atomic mass is 32.2. The molecule has 1 amide bonds. The van der Waals surface area contributed by atoms with Gasteiger partial charge < -0.3 is 14.5 Å². The number of thiazole rings is 1. The predicted molar refractivity (Wildman–Crippen MR) is 154 cm³/mol. The molecule has 5 rings (SSSR count). The Morgan fingerprint density at radius 3 is 2.56 bits per heavy atom. The molecule has 0 radical (unpaired) electrons. The third kappa shape index (κ3) is 5.87. The summed E-state index contributed by atoms with van der Waals surface area (Å²) in [7, 11) is 0. The molecule has 0 saturated heterocycles. The van der Waals surface area contributed by atoms with Gasteiger partial charge in [0.1, 0.15) is 10.5 Å². The summed E-state index contributed by atoms with van der Waals surface area (Å²) in [6.07, 6.45) is 1.58. The Morgan fingerprint density at radius 1 is 1.10 bits per heavy atom. The fourth-order valence-electron chi connectivity index (χ4n) is 3.81. The van der Waals surface area contributed by atoms with Crippen LogP contribution < -0.4 is 10.9 Å². The molecule has 0 atom stereocenters. The van der Waals surface area contributed by atoms with Crippen molar-refractivity contribution in [3.05, 3.63) is 98.6 Å². The van der Waals surface area contributed by atoms with Crippen LogP contribution in [0.1, 0.15) is 23.0 Å². The van der Waals surface area contributed by atoms with Crippen LogP contribution in [0.2, 0.25) is 0 Å². The molecule has 3 aromatic heterocycles. The lowest BCUT2D eigenvalue weighted by molar-refractivity contribution is -0.113. The van der Waals surface area contributed by atoms with Gasteiger partial charge in [0.15, 0.2) is 14.8 Å². The van der Waals surface area contributed by atoms with Crippen LogP contribution in [0.15, 0.2) is 87.4 Å². The van der Waals surface area contributed by atoms with Gasteiger partial charge in [-0.15, -0.1) is 0 Å². The van der Waals surface area contributed by atoms with E-state index in [4.69, 9.17) is 26.4 Å². The van der Waals surface area contributed by atoms with Crippen molar-refractivity contribution in [2.75, 3.05) is 17.7 Å². The van der Waals surface area contributed by atoms with E-state index in [2.05, 4.69) is 5.32 Å². The summed E-state index contributed by atoms with van der Waals surface area (Å²) in [4.78, 5) is 43.2. The van der Waals surface area contributed by atoms with Gasteiger partial charge in [-0.3, -0.25) is 18.7 Å². The monoisotopic (exact) mass is 578 g/mol. The summed E-state index contributed by atoms with van der Waals surface area (Å²) in [6, 6.07) is 19.2. The Hall–Kier alpha value is -4.00. The van der Waals surface area contributed by atoms with Crippen LogP contribution in [-0.4, -0.2) is 38.4 Å². The molecule has 39 heavy (non-hydrogen) atoms. The molecule has 0 saturated carbocycles. The quantitative estimate of drug-likeness (QED) is 0.105. The van der Waals surface area contributed by atoms with E-state index >= 15 is 0 Å². The minimum absolute atomic E-state index is 0.00649. The van der Waals surface area contributed by atoms with Crippen LogP contribution in [-0.2, 0) is 16.1 Å². The zero-order valence-corrected chi connectivity index (χ0v) is 23.1. The zero-order chi connectivity index (χ0) is 27.4. The van der Waals surface area contributed by atoms with Gasteiger partial charge in [0.2, 0.25) is 5.91 Å². The number of nitrogens with one attached hydrogen (secondary N) is 1. The Morgan fingerprint density at radius 2 is 1.87 bits per heavy atom. The zero-order valence-electron chi connectivity index (χ0n) is 20.7. The van der Waals surface area contributed by atoms with Gasteiger partial charge in [0.25, 0.3) is 5.56 Å². The van der Waals surface area contributed by atoms with Gasteiger partial charge in [-0.2, -0.15) is 0 Å².